The minimum atomic E-state index is -5.14. The summed E-state index contributed by atoms with van der Waals surface area (Å²) in [5.41, 5.74) is 0. The standard InChI is InChI=1S/C47H77O13P/c1-3-5-7-9-11-13-15-17-19-20-22-23-25-27-29-31-33-35-40(48)57-37-39(38-58-61(55,56)60-47-45(53)43(51)42(50)44(52)46(47)54)59-41(49)36-34-32-30-28-26-24-21-18-16-14-12-10-8-6-4-2/h6,8,10,12,14,16-19,21-23,27,29,39,42-47,50-54H,3-5,7,9,11,13,15,20,24-26,28,30-38H2,1-2H3,(H,55,56)/b8-6+,12-10+,16-14+,19-17+,21-18+,23-22+,29-27+/t39-,42?,43-,44?,45?,46?,47?/m0/s1. The molecular formula is C47H77O13P. The molecule has 1 saturated carbocycles. The highest BCUT2D eigenvalue weighted by Crippen LogP contribution is 2.47. The molecule has 14 heteroatoms. The summed E-state index contributed by atoms with van der Waals surface area (Å²) in [5.74, 6) is -1.20. The van der Waals surface area contributed by atoms with Crippen LogP contribution in [0.5, 0.6) is 0 Å². The Bertz CT molecular complexity index is 1390. The van der Waals surface area contributed by atoms with E-state index in [0.717, 1.165) is 57.8 Å². The van der Waals surface area contributed by atoms with E-state index in [1.807, 2.05) is 48.6 Å². The molecule has 1 aliphatic carbocycles. The van der Waals surface area contributed by atoms with Gasteiger partial charge in [0.25, 0.3) is 0 Å². The fourth-order valence-corrected chi connectivity index (χ4v) is 7.17. The monoisotopic (exact) mass is 881 g/mol. The minimum absolute atomic E-state index is 0.0550. The van der Waals surface area contributed by atoms with Gasteiger partial charge in [0.2, 0.25) is 0 Å². The fraction of sp³-hybridized carbons (Fsp3) is 0.660. The number of hydrogen-bond donors (Lipinski definition) is 6. The summed E-state index contributed by atoms with van der Waals surface area (Å²) in [7, 11) is -5.14. The van der Waals surface area contributed by atoms with Crippen LogP contribution in [0, 0.1) is 0 Å². The third-order valence-corrected chi connectivity index (χ3v) is 10.8. The van der Waals surface area contributed by atoms with Gasteiger partial charge in [-0.05, 0) is 64.2 Å². The molecule has 0 saturated heterocycles. The molecule has 0 radical (unpaired) electrons. The van der Waals surface area contributed by atoms with Crippen LogP contribution < -0.4 is 0 Å². The van der Waals surface area contributed by atoms with Crippen molar-refractivity contribution in [1.29, 1.82) is 0 Å². The van der Waals surface area contributed by atoms with Crippen molar-refractivity contribution in [1.82, 2.24) is 0 Å². The Morgan fingerprint density at radius 1 is 0.541 bits per heavy atom. The lowest BCUT2D eigenvalue weighted by atomic mass is 9.85. The molecule has 0 aromatic heterocycles. The van der Waals surface area contributed by atoms with Crippen molar-refractivity contribution in [3.63, 3.8) is 0 Å². The number of unbranched alkanes of at least 4 members (excludes halogenated alkanes) is 12. The van der Waals surface area contributed by atoms with E-state index in [2.05, 4.69) is 50.3 Å². The molecule has 61 heavy (non-hydrogen) atoms. The molecule has 13 nitrogen and oxygen atoms in total. The maximum atomic E-state index is 12.8. The van der Waals surface area contributed by atoms with Crippen LogP contribution in [0.3, 0.4) is 0 Å². The van der Waals surface area contributed by atoms with Gasteiger partial charge in [-0.1, -0.05) is 150 Å². The molecule has 6 N–H and O–H groups in total. The zero-order chi connectivity index (χ0) is 45.0. The van der Waals surface area contributed by atoms with E-state index in [-0.39, 0.29) is 12.8 Å². The van der Waals surface area contributed by atoms with E-state index in [0.29, 0.717) is 19.3 Å². The average molecular weight is 881 g/mol. The number of aliphatic hydroxyl groups is 5. The van der Waals surface area contributed by atoms with Gasteiger partial charge >= 0.3 is 19.8 Å². The highest BCUT2D eigenvalue weighted by Gasteiger charge is 2.51. The molecule has 0 heterocycles. The average Bonchev–Trinajstić information content (AvgIpc) is 3.24. The summed E-state index contributed by atoms with van der Waals surface area (Å²) in [4.78, 5) is 35.6. The Kier molecular flexibility index (Phi) is 33.5. The van der Waals surface area contributed by atoms with Gasteiger partial charge in [-0.2, -0.15) is 0 Å². The number of esters is 2. The quantitative estimate of drug-likeness (QED) is 0.0116. The van der Waals surface area contributed by atoms with Crippen LogP contribution in [0.4, 0.5) is 0 Å². The number of allylic oxidation sites excluding steroid dienone is 14. The Balaban J connectivity index is 2.54. The van der Waals surface area contributed by atoms with E-state index in [9.17, 15) is 44.6 Å². The highest BCUT2D eigenvalue weighted by atomic mass is 31.2. The third-order valence-electron chi connectivity index (χ3n) is 9.82. The molecule has 0 aromatic carbocycles. The van der Waals surface area contributed by atoms with Gasteiger partial charge in [0.15, 0.2) is 6.10 Å². The third kappa shape index (κ3) is 29.1. The summed E-state index contributed by atoms with van der Waals surface area (Å²) in [6.07, 6.45) is 33.6. The maximum absolute atomic E-state index is 12.8. The van der Waals surface area contributed by atoms with Gasteiger partial charge in [0.1, 0.15) is 43.2 Å². The number of phosphoric ester groups is 1. The van der Waals surface area contributed by atoms with Crippen molar-refractivity contribution in [3.05, 3.63) is 85.1 Å². The molecule has 0 bridgehead atoms. The zero-order valence-corrected chi connectivity index (χ0v) is 37.6. The number of hydrogen-bond acceptors (Lipinski definition) is 12. The zero-order valence-electron chi connectivity index (χ0n) is 36.7. The molecule has 0 aliphatic heterocycles. The van der Waals surface area contributed by atoms with Crippen LogP contribution in [0.2, 0.25) is 0 Å². The van der Waals surface area contributed by atoms with E-state index in [1.54, 1.807) is 0 Å². The van der Waals surface area contributed by atoms with Gasteiger partial charge < -0.3 is 39.9 Å². The number of phosphoric acid groups is 1. The molecule has 8 atom stereocenters. The lowest BCUT2D eigenvalue weighted by molar-refractivity contribution is -0.220. The largest absolute Gasteiger partial charge is 0.472 e. The van der Waals surface area contributed by atoms with Crippen molar-refractivity contribution < 1.29 is 63.1 Å². The van der Waals surface area contributed by atoms with Crippen LogP contribution in [-0.4, -0.2) is 98.3 Å². The summed E-state index contributed by atoms with van der Waals surface area (Å²) < 4.78 is 33.4. The molecule has 0 aromatic rings. The highest BCUT2D eigenvalue weighted by molar-refractivity contribution is 7.47. The molecular weight excluding hydrogens is 803 g/mol. The predicted octanol–water partition coefficient (Wildman–Crippen LogP) is 8.50. The first kappa shape index (κ1) is 56.0. The fourth-order valence-electron chi connectivity index (χ4n) is 6.19. The normalized spacial score (nSPS) is 22.8. The van der Waals surface area contributed by atoms with E-state index in [4.69, 9.17) is 18.5 Å². The lowest BCUT2D eigenvalue weighted by Crippen LogP contribution is -2.64. The van der Waals surface area contributed by atoms with Gasteiger partial charge in [-0.25, -0.2) is 4.57 Å². The first-order chi connectivity index (χ1) is 29.4. The number of ether oxygens (including phenoxy) is 2. The number of aliphatic hydroxyl groups excluding tert-OH is 5. The molecule has 0 amide bonds. The number of carbonyl (C=O) groups excluding carboxylic acids is 2. The second kappa shape index (κ2) is 36.5. The molecule has 1 fully saturated rings. The smallest absolute Gasteiger partial charge is 0.462 e. The van der Waals surface area contributed by atoms with Crippen molar-refractivity contribution >= 4 is 19.8 Å². The topological polar surface area (TPSA) is 210 Å². The van der Waals surface area contributed by atoms with Gasteiger partial charge in [-0.15, -0.1) is 0 Å². The Morgan fingerprint density at radius 2 is 1.02 bits per heavy atom. The van der Waals surface area contributed by atoms with Gasteiger partial charge in [0.05, 0.1) is 6.61 Å². The Morgan fingerprint density at radius 3 is 1.62 bits per heavy atom. The van der Waals surface area contributed by atoms with Crippen molar-refractivity contribution in [3.8, 4) is 0 Å². The first-order valence-corrected chi connectivity index (χ1v) is 23.9. The summed E-state index contributed by atoms with van der Waals surface area (Å²) in [6.45, 7) is 3.07. The van der Waals surface area contributed by atoms with Crippen LogP contribution in [0.25, 0.3) is 0 Å². The lowest BCUT2D eigenvalue weighted by Gasteiger charge is -2.41. The van der Waals surface area contributed by atoms with E-state index in [1.165, 1.54) is 38.5 Å². The van der Waals surface area contributed by atoms with Crippen LogP contribution in [0.1, 0.15) is 142 Å². The first-order valence-electron chi connectivity index (χ1n) is 22.4. The Labute approximate surface area is 365 Å². The van der Waals surface area contributed by atoms with E-state index >= 15 is 0 Å². The van der Waals surface area contributed by atoms with Gasteiger partial charge in [0, 0.05) is 12.8 Å². The molecule has 348 valence electrons. The molecule has 0 spiro atoms. The minimum Gasteiger partial charge on any atom is -0.462 e. The van der Waals surface area contributed by atoms with Crippen molar-refractivity contribution in [2.45, 2.75) is 185 Å². The number of rotatable bonds is 35. The van der Waals surface area contributed by atoms with Crippen molar-refractivity contribution in [2.75, 3.05) is 13.2 Å². The predicted molar refractivity (Wildman–Crippen MR) is 239 cm³/mol. The van der Waals surface area contributed by atoms with Crippen LogP contribution in [0.15, 0.2) is 85.1 Å². The van der Waals surface area contributed by atoms with Gasteiger partial charge in [-0.3, -0.25) is 18.6 Å². The van der Waals surface area contributed by atoms with Crippen LogP contribution in [-0.2, 0) is 32.7 Å². The number of carbonyl (C=O) groups is 2. The molecule has 1 rings (SSSR count). The Hall–Kier alpha value is -2.97. The summed E-state index contributed by atoms with van der Waals surface area (Å²) in [5, 5.41) is 50.1. The second-order valence-electron chi connectivity index (χ2n) is 15.3. The van der Waals surface area contributed by atoms with Crippen molar-refractivity contribution in [2.24, 2.45) is 0 Å². The summed E-state index contributed by atoms with van der Waals surface area (Å²) in [6, 6.07) is 0. The van der Waals surface area contributed by atoms with E-state index < -0.39 is 75.7 Å². The maximum Gasteiger partial charge on any atom is 0.472 e. The molecule has 6 unspecified atom stereocenters. The summed E-state index contributed by atoms with van der Waals surface area (Å²) >= 11 is 0. The van der Waals surface area contributed by atoms with Crippen LogP contribution >= 0.6 is 7.82 Å². The molecule has 1 aliphatic rings. The SMILES string of the molecule is CC/C=C/C=C/C=C/C=C/CCCCCCCC(=O)O[C@@H](COC(=O)CCC/C=C/C/C=C/C/C=C/CCCCCCCC)COP(=O)(O)OC1C(O)C(O)C(O)[C@H](O)C1O. The second-order valence-corrected chi connectivity index (χ2v) is 16.7.